The molecule has 2 aliphatic heterocycles. The van der Waals surface area contributed by atoms with Crippen LogP contribution in [0.3, 0.4) is 0 Å². The number of nitrogens with zero attached hydrogens (tertiary/aromatic N) is 6. The summed E-state index contributed by atoms with van der Waals surface area (Å²) in [5.41, 5.74) is -1.93. The lowest BCUT2D eigenvalue weighted by atomic mass is 10.1. The highest BCUT2D eigenvalue weighted by molar-refractivity contribution is 7.88. The summed E-state index contributed by atoms with van der Waals surface area (Å²) >= 11 is 0. The van der Waals surface area contributed by atoms with Crippen molar-refractivity contribution in [2.24, 2.45) is 0 Å². The summed E-state index contributed by atoms with van der Waals surface area (Å²) in [6.07, 6.45) is 0. The van der Waals surface area contributed by atoms with Gasteiger partial charge in [0, 0.05) is 38.4 Å². The van der Waals surface area contributed by atoms with Crippen molar-refractivity contribution in [2.45, 2.75) is 5.51 Å². The van der Waals surface area contributed by atoms with Crippen LogP contribution >= 0.6 is 0 Å². The summed E-state index contributed by atoms with van der Waals surface area (Å²) < 4.78 is 69.3. The molecule has 3 aromatic heterocycles. The SMILES string of the molecule is O=S(=O)(Oc1cccc2c3nc4nc(nc5[nH]c(nc6nc(nc([nH]3)c12)-c1ccccc1-6)c1ccccc51)-c1ccccc1-4)C(F)(F)F. The number of fused-ring (bicyclic) bond motifs is 20. The van der Waals surface area contributed by atoms with Gasteiger partial charge in [-0.05, 0) is 6.07 Å². The standard InChI is InChI=1S/C33H17F3N8O3S/c34-33(35,36)48(45,46)47-23-15-7-14-22-24(23)32-43-30-21-13-6-5-12-20(21)28(41-30)39-26-17-9-2-1-8-16(17)25(37-26)38-27-18-10-3-4-11-19(18)29(40-27)42-31(22)44-32/h1-15H,(H2,37,38,39,40,41,42,43,44). The van der Waals surface area contributed by atoms with Gasteiger partial charge in [-0.1, -0.05) is 84.9 Å². The van der Waals surface area contributed by atoms with Crippen molar-refractivity contribution >= 4 is 54.3 Å². The van der Waals surface area contributed by atoms with Crippen LogP contribution in [0.4, 0.5) is 13.2 Å². The Morgan fingerprint density at radius 2 is 0.896 bits per heavy atom. The third kappa shape index (κ3) is 4.24. The molecule has 0 unspecified atom stereocenters. The summed E-state index contributed by atoms with van der Waals surface area (Å²) in [6.45, 7) is 0. The zero-order chi connectivity index (χ0) is 32.8. The maximum atomic E-state index is 13.4. The van der Waals surface area contributed by atoms with Gasteiger partial charge in [-0.15, -0.1) is 0 Å². The Kier molecular flexibility index (Phi) is 5.78. The van der Waals surface area contributed by atoms with Crippen LogP contribution in [0.1, 0.15) is 0 Å². The number of aromatic nitrogens is 8. The van der Waals surface area contributed by atoms with Crippen molar-refractivity contribution in [3.05, 3.63) is 91.0 Å². The van der Waals surface area contributed by atoms with E-state index in [9.17, 15) is 21.6 Å². The van der Waals surface area contributed by atoms with Gasteiger partial charge in [0.2, 0.25) is 0 Å². The molecule has 0 saturated carbocycles. The van der Waals surface area contributed by atoms with Gasteiger partial charge in [-0.25, -0.2) is 29.9 Å². The second kappa shape index (κ2) is 9.89. The minimum absolute atomic E-state index is 0.0352. The molecular formula is C33H17F3N8O3S. The number of alkyl halides is 3. The van der Waals surface area contributed by atoms with Crippen molar-refractivity contribution in [1.29, 1.82) is 0 Å². The highest BCUT2D eigenvalue weighted by atomic mass is 32.2. The van der Waals surface area contributed by atoms with E-state index >= 15 is 0 Å². The van der Waals surface area contributed by atoms with E-state index in [2.05, 4.69) is 14.2 Å². The van der Waals surface area contributed by atoms with Crippen LogP contribution in [0.5, 0.6) is 5.75 Å². The predicted octanol–water partition coefficient (Wildman–Crippen LogP) is 7.10. The molecule has 0 atom stereocenters. The minimum Gasteiger partial charge on any atom is -0.375 e. The Morgan fingerprint density at radius 1 is 0.500 bits per heavy atom. The zero-order valence-corrected chi connectivity index (χ0v) is 24.9. The summed E-state index contributed by atoms with van der Waals surface area (Å²) in [6, 6.07) is 26.2. The van der Waals surface area contributed by atoms with Crippen molar-refractivity contribution < 1.29 is 25.8 Å². The molecule has 48 heavy (non-hydrogen) atoms. The maximum absolute atomic E-state index is 13.4. The monoisotopic (exact) mass is 662 g/mol. The molecule has 234 valence electrons. The Bertz CT molecular complexity index is 2790. The fourth-order valence-electron chi connectivity index (χ4n) is 5.89. The first-order chi connectivity index (χ1) is 23.1. The van der Waals surface area contributed by atoms with Gasteiger partial charge < -0.3 is 14.2 Å². The lowest BCUT2D eigenvalue weighted by Gasteiger charge is -2.10. The summed E-state index contributed by atoms with van der Waals surface area (Å²) in [5.74, 6) is 0.544. The van der Waals surface area contributed by atoms with E-state index in [1.165, 1.54) is 6.07 Å². The number of halogens is 3. The number of nitrogens with one attached hydrogen (secondary N) is 2. The molecular weight excluding hydrogens is 645 g/mol. The number of H-pyrrole nitrogens is 2. The Labute approximate surface area is 267 Å². The van der Waals surface area contributed by atoms with Crippen LogP contribution in [0.2, 0.25) is 0 Å². The van der Waals surface area contributed by atoms with Crippen LogP contribution in [0, 0.1) is 0 Å². The van der Waals surface area contributed by atoms with E-state index in [1.807, 2.05) is 60.7 Å². The first-order valence-electron chi connectivity index (χ1n) is 14.4. The van der Waals surface area contributed by atoms with E-state index in [-0.39, 0.29) is 33.7 Å². The van der Waals surface area contributed by atoms with E-state index in [4.69, 9.17) is 29.9 Å². The van der Waals surface area contributed by atoms with Gasteiger partial charge in [0.15, 0.2) is 29.0 Å². The number of hydrogen-bond acceptors (Lipinski definition) is 9. The average molecular weight is 663 g/mol. The van der Waals surface area contributed by atoms with Crippen molar-refractivity contribution in [3.8, 4) is 51.3 Å². The van der Waals surface area contributed by atoms with Crippen molar-refractivity contribution in [2.75, 3.05) is 0 Å². The van der Waals surface area contributed by atoms with Gasteiger partial charge in [-0.3, -0.25) is 0 Å². The number of benzene rings is 4. The number of aromatic amines is 2. The molecule has 0 aliphatic carbocycles. The molecule has 0 spiro atoms. The second-order valence-corrected chi connectivity index (χ2v) is 12.4. The van der Waals surface area contributed by atoms with E-state index < -0.39 is 21.4 Å². The quantitative estimate of drug-likeness (QED) is 0.146. The van der Waals surface area contributed by atoms with E-state index in [0.717, 1.165) is 16.8 Å². The van der Waals surface area contributed by atoms with E-state index in [0.29, 0.717) is 45.2 Å². The third-order valence-corrected chi connectivity index (χ3v) is 8.99. The van der Waals surface area contributed by atoms with Gasteiger partial charge in [0.05, 0.1) is 5.39 Å². The van der Waals surface area contributed by atoms with Crippen LogP contribution in [-0.4, -0.2) is 53.8 Å². The summed E-state index contributed by atoms with van der Waals surface area (Å²) in [7, 11) is -6.02. The lowest BCUT2D eigenvalue weighted by molar-refractivity contribution is -0.0499. The van der Waals surface area contributed by atoms with Crippen LogP contribution in [-0.2, 0) is 10.1 Å². The molecule has 0 amide bonds. The van der Waals surface area contributed by atoms with Gasteiger partial charge in [-0.2, -0.15) is 21.6 Å². The van der Waals surface area contributed by atoms with Crippen LogP contribution in [0.15, 0.2) is 91.0 Å². The fourth-order valence-corrected chi connectivity index (χ4v) is 6.36. The molecule has 5 heterocycles. The van der Waals surface area contributed by atoms with Crippen molar-refractivity contribution in [3.63, 3.8) is 0 Å². The van der Waals surface area contributed by atoms with Crippen LogP contribution in [0.25, 0.3) is 89.7 Å². The third-order valence-electron chi connectivity index (χ3n) is 8.02. The molecule has 2 N–H and O–H groups in total. The Hall–Kier alpha value is -6.22. The molecule has 4 aromatic carbocycles. The molecule has 7 aromatic rings. The van der Waals surface area contributed by atoms with Gasteiger partial charge >= 0.3 is 15.6 Å². The lowest BCUT2D eigenvalue weighted by Crippen LogP contribution is -2.28. The van der Waals surface area contributed by atoms with Crippen LogP contribution < -0.4 is 4.18 Å². The Balaban J connectivity index is 1.46. The zero-order valence-electron chi connectivity index (χ0n) is 24.1. The average Bonchev–Trinajstić information content (AvgIpc) is 3.80. The first kappa shape index (κ1) is 28.0. The first-order valence-corrected chi connectivity index (χ1v) is 15.8. The topological polar surface area (TPSA) is 152 Å². The largest absolute Gasteiger partial charge is 0.534 e. The molecule has 9 rings (SSSR count). The summed E-state index contributed by atoms with van der Waals surface area (Å²) in [5, 5.41) is 1.78. The molecule has 0 radical (unpaired) electrons. The maximum Gasteiger partial charge on any atom is 0.534 e. The highest BCUT2D eigenvalue weighted by Gasteiger charge is 2.49. The smallest absolute Gasteiger partial charge is 0.375 e. The number of hydrogen-bond donors (Lipinski definition) is 2. The molecule has 15 heteroatoms. The Morgan fingerprint density at radius 3 is 1.38 bits per heavy atom. The fraction of sp³-hybridized carbons (Fsp3) is 0.0303. The van der Waals surface area contributed by atoms with Crippen molar-refractivity contribution in [1.82, 2.24) is 39.9 Å². The molecule has 8 bridgehead atoms. The second-order valence-electron chi connectivity index (χ2n) is 10.9. The summed E-state index contributed by atoms with van der Waals surface area (Å²) in [4.78, 5) is 35.1. The van der Waals surface area contributed by atoms with Gasteiger partial charge in [0.25, 0.3) is 0 Å². The van der Waals surface area contributed by atoms with E-state index in [1.54, 1.807) is 18.2 Å². The number of rotatable bonds is 2. The molecule has 0 saturated heterocycles. The molecule has 11 nitrogen and oxygen atoms in total. The highest BCUT2D eigenvalue weighted by Crippen LogP contribution is 2.39. The minimum atomic E-state index is -6.02. The predicted molar refractivity (Wildman–Crippen MR) is 172 cm³/mol. The molecule has 0 fully saturated rings. The van der Waals surface area contributed by atoms with Gasteiger partial charge in [0.1, 0.15) is 22.6 Å². The molecule has 2 aliphatic rings. The normalized spacial score (nSPS) is 12.6.